The minimum absolute atomic E-state index is 0.954. The Morgan fingerprint density at radius 2 is 2.27 bits per heavy atom. The van der Waals surface area contributed by atoms with E-state index in [0.29, 0.717) is 0 Å². The summed E-state index contributed by atoms with van der Waals surface area (Å²) in [5.41, 5.74) is 1.24. The molecule has 2 heteroatoms. The molecule has 1 aliphatic rings. The molecule has 0 saturated heterocycles. The van der Waals surface area contributed by atoms with Crippen molar-refractivity contribution in [3.05, 3.63) is 40.6 Å². The minimum Gasteiger partial charge on any atom is -0.464 e. The van der Waals surface area contributed by atoms with Crippen molar-refractivity contribution in [1.82, 2.24) is 0 Å². The highest BCUT2D eigenvalue weighted by molar-refractivity contribution is 9.10. The Labute approximate surface area is 73.8 Å². The van der Waals surface area contributed by atoms with Gasteiger partial charge in [-0.05, 0) is 40.1 Å². The first-order chi connectivity index (χ1) is 5.38. The second-order valence-electron chi connectivity index (χ2n) is 2.42. The fourth-order valence-corrected chi connectivity index (χ4v) is 1.64. The summed E-state index contributed by atoms with van der Waals surface area (Å²) in [6.45, 7) is 0. The summed E-state index contributed by atoms with van der Waals surface area (Å²) in [5, 5.41) is 0. The molecule has 1 aromatic rings. The molecule has 0 amide bonds. The average molecular weight is 211 g/mol. The third-order valence-electron chi connectivity index (χ3n) is 1.67. The second kappa shape index (κ2) is 2.70. The predicted octanol–water partition coefficient (Wildman–Crippen LogP) is 2.90. The van der Waals surface area contributed by atoms with Gasteiger partial charge in [0.05, 0.1) is 10.7 Å². The molecule has 2 rings (SSSR count). The molecule has 1 nitrogen and oxygen atoms in total. The topological polar surface area (TPSA) is 9.23 Å². The van der Waals surface area contributed by atoms with Crippen molar-refractivity contribution in [2.45, 2.75) is 6.42 Å². The van der Waals surface area contributed by atoms with Crippen LogP contribution < -0.4 is 4.74 Å². The lowest BCUT2D eigenvalue weighted by Crippen LogP contribution is -1.96. The number of allylic oxidation sites excluding steroid dienone is 1. The summed E-state index contributed by atoms with van der Waals surface area (Å²) >= 11 is 3.42. The van der Waals surface area contributed by atoms with E-state index >= 15 is 0 Å². The van der Waals surface area contributed by atoms with Crippen LogP contribution in [0.1, 0.15) is 5.56 Å². The van der Waals surface area contributed by atoms with E-state index in [0.717, 1.165) is 16.6 Å². The number of hydrogen-bond donors (Lipinski definition) is 0. The molecule has 0 saturated carbocycles. The maximum Gasteiger partial charge on any atom is 0.144 e. The zero-order chi connectivity index (χ0) is 7.68. The van der Waals surface area contributed by atoms with Crippen molar-refractivity contribution in [1.29, 1.82) is 0 Å². The average Bonchev–Trinajstić information content (AvgIpc) is 2.06. The first-order valence-corrected chi connectivity index (χ1v) is 4.26. The number of hydrogen-bond acceptors (Lipinski definition) is 1. The number of ether oxygens (including phenoxy) is 1. The summed E-state index contributed by atoms with van der Waals surface area (Å²) in [6, 6.07) is 6.08. The van der Waals surface area contributed by atoms with Crippen LogP contribution in [0.5, 0.6) is 5.75 Å². The Hall–Kier alpha value is -0.760. The van der Waals surface area contributed by atoms with Gasteiger partial charge in [0.2, 0.25) is 0 Å². The maximum atomic E-state index is 5.33. The molecule has 1 aromatic carbocycles. The van der Waals surface area contributed by atoms with Gasteiger partial charge in [0.15, 0.2) is 0 Å². The SMILES string of the molecule is Brc1cccc2c1OC=CC2. The van der Waals surface area contributed by atoms with Gasteiger partial charge in [-0.2, -0.15) is 0 Å². The summed E-state index contributed by atoms with van der Waals surface area (Å²) in [6.07, 6.45) is 4.70. The smallest absolute Gasteiger partial charge is 0.144 e. The summed E-state index contributed by atoms with van der Waals surface area (Å²) in [4.78, 5) is 0. The molecule has 0 unspecified atom stereocenters. The van der Waals surface area contributed by atoms with Gasteiger partial charge in [0.25, 0.3) is 0 Å². The van der Waals surface area contributed by atoms with Crippen molar-refractivity contribution < 1.29 is 4.74 Å². The van der Waals surface area contributed by atoms with Crippen LogP contribution in [0.2, 0.25) is 0 Å². The van der Waals surface area contributed by atoms with Crippen molar-refractivity contribution in [3.8, 4) is 5.75 Å². The molecular formula is C9H7BrO. The number of rotatable bonds is 0. The standard InChI is InChI=1S/C9H7BrO/c10-8-5-1-3-7-4-2-6-11-9(7)8/h1-3,5-6H,4H2. The molecule has 56 valence electrons. The van der Waals surface area contributed by atoms with Crippen LogP contribution in [0.25, 0.3) is 0 Å². The third-order valence-corrected chi connectivity index (χ3v) is 2.29. The Morgan fingerprint density at radius 1 is 1.36 bits per heavy atom. The van der Waals surface area contributed by atoms with E-state index in [-0.39, 0.29) is 0 Å². The fourth-order valence-electron chi connectivity index (χ4n) is 1.14. The zero-order valence-electron chi connectivity index (χ0n) is 5.88. The first kappa shape index (κ1) is 6.92. The molecule has 0 atom stereocenters. The van der Waals surface area contributed by atoms with E-state index in [1.54, 1.807) is 6.26 Å². The van der Waals surface area contributed by atoms with E-state index < -0.39 is 0 Å². The third kappa shape index (κ3) is 1.18. The molecule has 11 heavy (non-hydrogen) atoms. The number of fused-ring (bicyclic) bond motifs is 1. The second-order valence-corrected chi connectivity index (χ2v) is 3.28. The predicted molar refractivity (Wildman–Crippen MR) is 47.6 cm³/mol. The monoisotopic (exact) mass is 210 g/mol. The van der Waals surface area contributed by atoms with Gasteiger partial charge in [-0.1, -0.05) is 12.1 Å². The Balaban J connectivity index is 2.54. The van der Waals surface area contributed by atoms with Crippen molar-refractivity contribution in [3.63, 3.8) is 0 Å². The maximum absolute atomic E-state index is 5.33. The first-order valence-electron chi connectivity index (χ1n) is 3.47. The van der Waals surface area contributed by atoms with Gasteiger partial charge >= 0.3 is 0 Å². The largest absolute Gasteiger partial charge is 0.464 e. The van der Waals surface area contributed by atoms with E-state index in [4.69, 9.17) is 4.74 Å². The molecule has 0 N–H and O–H groups in total. The highest BCUT2D eigenvalue weighted by Gasteiger charge is 2.08. The molecule has 0 radical (unpaired) electrons. The van der Waals surface area contributed by atoms with Gasteiger partial charge in [-0.25, -0.2) is 0 Å². The van der Waals surface area contributed by atoms with Crippen molar-refractivity contribution in [2.75, 3.05) is 0 Å². The van der Waals surface area contributed by atoms with Crippen LogP contribution in [-0.2, 0) is 6.42 Å². The van der Waals surface area contributed by atoms with Crippen LogP contribution in [-0.4, -0.2) is 0 Å². The molecule has 0 fully saturated rings. The van der Waals surface area contributed by atoms with Crippen LogP contribution in [0.3, 0.4) is 0 Å². The fraction of sp³-hybridized carbons (Fsp3) is 0.111. The van der Waals surface area contributed by atoms with Crippen LogP contribution in [0.15, 0.2) is 35.0 Å². The van der Waals surface area contributed by atoms with Crippen molar-refractivity contribution >= 4 is 15.9 Å². The van der Waals surface area contributed by atoms with E-state index in [2.05, 4.69) is 22.0 Å². The molecule has 1 aliphatic heterocycles. The lowest BCUT2D eigenvalue weighted by atomic mass is 10.1. The van der Waals surface area contributed by atoms with Crippen molar-refractivity contribution in [2.24, 2.45) is 0 Å². The zero-order valence-corrected chi connectivity index (χ0v) is 7.47. The number of para-hydroxylation sites is 1. The molecule has 0 spiro atoms. The van der Waals surface area contributed by atoms with Gasteiger partial charge < -0.3 is 4.74 Å². The van der Waals surface area contributed by atoms with Gasteiger partial charge in [0.1, 0.15) is 5.75 Å². The van der Waals surface area contributed by atoms with Gasteiger partial charge in [-0.15, -0.1) is 0 Å². The molecule has 0 aromatic heterocycles. The van der Waals surface area contributed by atoms with E-state index in [1.165, 1.54) is 5.56 Å². The summed E-state index contributed by atoms with van der Waals surface area (Å²) < 4.78 is 6.35. The van der Waals surface area contributed by atoms with Crippen LogP contribution in [0, 0.1) is 0 Å². The number of benzene rings is 1. The summed E-state index contributed by atoms with van der Waals surface area (Å²) in [7, 11) is 0. The van der Waals surface area contributed by atoms with E-state index in [1.807, 2.05) is 18.2 Å². The van der Waals surface area contributed by atoms with Crippen LogP contribution in [0.4, 0.5) is 0 Å². The minimum atomic E-state index is 0.954. The highest BCUT2D eigenvalue weighted by atomic mass is 79.9. The molecular weight excluding hydrogens is 204 g/mol. The summed E-state index contributed by atoms with van der Waals surface area (Å²) in [5.74, 6) is 0.954. The molecule has 0 aliphatic carbocycles. The Bertz CT molecular complexity index is 304. The quantitative estimate of drug-likeness (QED) is 0.641. The lowest BCUT2D eigenvalue weighted by molar-refractivity contribution is 0.461. The van der Waals surface area contributed by atoms with E-state index in [9.17, 15) is 0 Å². The Morgan fingerprint density at radius 3 is 3.09 bits per heavy atom. The normalized spacial score (nSPS) is 13.9. The van der Waals surface area contributed by atoms with Gasteiger partial charge in [0, 0.05) is 0 Å². The Kier molecular flexibility index (Phi) is 1.70. The highest BCUT2D eigenvalue weighted by Crippen LogP contribution is 2.31. The molecule has 0 bridgehead atoms. The van der Waals surface area contributed by atoms with Gasteiger partial charge in [-0.3, -0.25) is 0 Å². The number of halogens is 1. The molecule has 1 heterocycles. The lowest BCUT2D eigenvalue weighted by Gasteiger charge is -2.12. The van der Waals surface area contributed by atoms with Crippen LogP contribution >= 0.6 is 15.9 Å².